The van der Waals surface area contributed by atoms with Gasteiger partial charge in [-0.25, -0.2) is 9.79 Å². The molecule has 0 saturated carbocycles. The van der Waals surface area contributed by atoms with E-state index in [-0.39, 0.29) is 30.0 Å². The number of carbonyl (C=O) groups is 1. The number of likely N-dealkylation sites (tertiary alicyclic amines) is 1. The molecule has 1 aliphatic heterocycles. The fourth-order valence-electron chi connectivity index (χ4n) is 3.50. The largest absolute Gasteiger partial charge is 0.357 e. The second-order valence-electron chi connectivity index (χ2n) is 7.79. The van der Waals surface area contributed by atoms with Crippen molar-refractivity contribution in [2.45, 2.75) is 39.7 Å². The van der Waals surface area contributed by atoms with Crippen molar-refractivity contribution < 1.29 is 4.79 Å². The number of hydrogen-bond acceptors (Lipinski definition) is 3. The van der Waals surface area contributed by atoms with E-state index in [0.29, 0.717) is 12.5 Å². The molecule has 1 saturated heterocycles. The minimum absolute atomic E-state index is 0. The lowest BCUT2D eigenvalue weighted by atomic mass is 10.1. The molecule has 8 heteroatoms. The summed E-state index contributed by atoms with van der Waals surface area (Å²) in [4.78, 5) is 20.3. The number of urea groups is 1. The van der Waals surface area contributed by atoms with Crippen molar-refractivity contribution in [3.05, 3.63) is 52.2 Å². The summed E-state index contributed by atoms with van der Waals surface area (Å²) in [6.07, 6.45) is 3.26. The van der Waals surface area contributed by atoms with Crippen molar-refractivity contribution in [3.63, 3.8) is 0 Å². The number of carbonyl (C=O) groups excluding carboxylic acids is 1. The normalized spacial score (nSPS) is 14.6. The highest BCUT2D eigenvalue weighted by molar-refractivity contribution is 14.0. The topological polar surface area (TPSA) is 68.8 Å². The van der Waals surface area contributed by atoms with E-state index in [1.54, 1.807) is 0 Å². The van der Waals surface area contributed by atoms with Crippen LogP contribution in [0.5, 0.6) is 0 Å². The number of benzene rings is 1. The third kappa shape index (κ3) is 8.68. The molecular weight excluding hydrogens is 521 g/mol. The molecule has 6 nitrogen and oxygen atoms in total. The molecule has 0 spiro atoms. The zero-order chi connectivity index (χ0) is 21.2. The first-order valence-electron chi connectivity index (χ1n) is 10.8. The van der Waals surface area contributed by atoms with Crippen molar-refractivity contribution in [1.82, 2.24) is 15.5 Å². The third-order valence-electron chi connectivity index (χ3n) is 5.08. The van der Waals surface area contributed by atoms with Gasteiger partial charge in [-0.2, -0.15) is 0 Å². The van der Waals surface area contributed by atoms with Crippen molar-refractivity contribution in [2.24, 2.45) is 10.9 Å². The Morgan fingerprint density at radius 1 is 1.19 bits per heavy atom. The number of aliphatic imine (C=N–C) groups is 1. The molecule has 1 aromatic carbocycles. The fraction of sp³-hybridized carbons (Fsp3) is 0.478. The van der Waals surface area contributed by atoms with Gasteiger partial charge in [0, 0.05) is 36.7 Å². The van der Waals surface area contributed by atoms with Crippen LogP contribution in [0.1, 0.15) is 37.1 Å². The molecule has 1 atom stereocenters. The zero-order valence-corrected chi connectivity index (χ0v) is 21.5. The summed E-state index contributed by atoms with van der Waals surface area (Å²) in [5.41, 5.74) is 1.89. The summed E-state index contributed by atoms with van der Waals surface area (Å²) >= 11 is 1.81. The average molecular weight is 556 g/mol. The molecule has 1 aromatic heterocycles. The quantitative estimate of drug-likeness (QED) is 0.246. The first kappa shape index (κ1) is 25.5. The van der Waals surface area contributed by atoms with E-state index in [0.717, 1.165) is 62.7 Å². The highest BCUT2D eigenvalue weighted by Crippen LogP contribution is 2.15. The van der Waals surface area contributed by atoms with E-state index in [1.807, 2.05) is 40.5 Å². The summed E-state index contributed by atoms with van der Waals surface area (Å²) in [6.45, 7) is 8.26. The molecule has 1 fully saturated rings. The maximum Gasteiger partial charge on any atom is 0.321 e. The van der Waals surface area contributed by atoms with Crippen molar-refractivity contribution in [3.8, 4) is 0 Å². The molecule has 0 aliphatic carbocycles. The second-order valence-corrected chi connectivity index (χ2v) is 8.82. The van der Waals surface area contributed by atoms with Gasteiger partial charge < -0.3 is 20.9 Å². The second kappa shape index (κ2) is 13.6. The van der Waals surface area contributed by atoms with E-state index in [4.69, 9.17) is 4.99 Å². The van der Waals surface area contributed by atoms with Crippen LogP contribution >= 0.6 is 35.3 Å². The van der Waals surface area contributed by atoms with Gasteiger partial charge in [-0.05, 0) is 61.2 Å². The summed E-state index contributed by atoms with van der Waals surface area (Å²) in [5, 5.41) is 11.9. The van der Waals surface area contributed by atoms with Crippen LogP contribution in [0.3, 0.4) is 0 Å². The Hall–Kier alpha value is -1.81. The maximum atomic E-state index is 12.3. The first-order chi connectivity index (χ1) is 14.6. The minimum atomic E-state index is -0.0112. The van der Waals surface area contributed by atoms with Gasteiger partial charge in [-0.1, -0.05) is 25.1 Å². The highest BCUT2D eigenvalue weighted by Gasteiger charge is 2.17. The fourth-order valence-corrected chi connectivity index (χ4v) is 4.37. The number of halogens is 1. The minimum Gasteiger partial charge on any atom is -0.357 e. The zero-order valence-electron chi connectivity index (χ0n) is 18.4. The molecule has 2 aromatic rings. The van der Waals surface area contributed by atoms with Gasteiger partial charge in [0.2, 0.25) is 0 Å². The van der Waals surface area contributed by atoms with Gasteiger partial charge in [-0.3, -0.25) is 0 Å². The molecule has 31 heavy (non-hydrogen) atoms. The van der Waals surface area contributed by atoms with Crippen LogP contribution < -0.4 is 16.0 Å². The van der Waals surface area contributed by atoms with Gasteiger partial charge in [0.1, 0.15) is 0 Å². The molecule has 1 aliphatic rings. The van der Waals surface area contributed by atoms with Crippen LogP contribution in [0, 0.1) is 5.92 Å². The predicted molar refractivity (Wildman–Crippen MR) is 142 cm³/mol. The van der Waals surface area contributed by atoms with Crippen molar-refractivity contribution in [1.29, 1.82) is 0 Å². The molecule has 2 amide bonds. The van der Waals surface area contributed by atoms with E-state index >= 15 is 0 Å². The predicted octanol–water partition coefficient (Wildman–Crippen LogP) is 4.93. The lowest BCUT2D eigenvalue weighted by Crippen LogP contribution is -2.39. The third-order valence-corrected chi connectivity index (χ3v) is 5.98. The standard InChI is InChI=1S/C23H33N5OS.HI/c1-3-24-22(25-16-18(2)14-21-10-7-13-30-21)26-17-19-8-6-9-20(15-19)27-23(29)28-11-4-5-12-28;/h6-10,13,15,18H,3-5,11-12,14,16-17H2,1-2H3,(H,27,29)(H2,24,25,26);1H. The number of amides is 2. The highest BCUT2D eigenvalue weighted by atomic mass is 127. The number of rotatable bonds is 8. The van der Waals surface area contributed by atoms with Crippen molar-refractivity contribution in [2.75, 3.05) is 31.5 Å². The Balaban J connectivity index is 0.00000341. The van der Waals surface area contributed by atoms with Gasteiger partial charge in [0.05, 0.1) is 6.54 Å². The number of nitrogens with zero attached hydrogens (tertiary/aromatic N) is 2. The van der Waals surface area contributed by atoms with Crippen LogP contribution in [0.15, 0.2) is 46.8 Å². The Morgan fingerprint density at radius 2 is 2.00 bits per heavy atom. The van der Waals surface area contributed by atoms with E-state index in [1.165, 1.54) is 4.88 Å². The smallest absolute Gasteiger partial charge is 0.321 e. The van der Waals surface area contributed by atoms with Crippen LogP contribution in [-0.4, -0.2) is 43.1 Å². The number of hydrogen-bond donors (Lipinski definition) is 3. The van der Waals surface area contributed by atoms with E-state index in [2.05, 4.69) is 47.3 Å². The Kier molecular flexibility index (Phi) is 11.1. The Bertz CT molecular complexity index is 821. The van der Waals surface area contributed by atoms with Crippen LogP contribution in [0.25, 0.3) is 0 Å². The Morgan fingerprint density at radius 3 is 2.71 bits per heavy atom. The van der Waals surface area contributed by atoms with Gasteiger partial charge in [-0.15, -0.1) is 35.3 Å². The van der Waals surface area contributed by atoms with Gasteiger partial charge in [0.25, 0.3) is 0 Å². The number of guanidine groups is 1. The molecule has 1 unspecified atom stereocenters. The molecule has 2 heterocycles. The molecule has 0 bridgehead atoms. The first-order valence-corrected chi connectivity index (χ1v) is 11.7. The number of anilines is 1. The lowest BCUT2D eigenvalue weighted by molar-refractivity contribution is 0.222. The lowest BCUT2D eigenvalue weighted by Gasteiger charge is -2.17. The summed E-state index contributed by atoms with van der Waals surface area (Å²) in [7, 11) is 0. The van der Waals surface area contributed by atoms with Gasteiger partial charge >= 0.3 is 6.03 Å². The molecular formula is C23H34IN5OS. The van der Waals surface area contributed by atoms with E-state index in [9.17, 15) is 4.79 Å². The van der Waals surface area contributed by atoms with Crippen LogP contribution in [0.2, 0.25) is 0 Å². The Labute approximate surface area is 206 Å². The maximum absolute atomic E-state index is 12.3. The summed E-state index contributed by atoms with van der Waals surface area (Å²) in [5.74, 6) is 1.35. The monoisotopic (exact) mass is 555 g/mol. The SMILES string of the molecule is CCNC(=NCc1cccc(NC(=O)N2CCCC2)c1)NCC(C)Cc1cccs1.I. The summed E-state index contributed by atoms with van der Waals surface area (Å²) in [6, 6.07) is 12.2. The van der Waals surface area contributed by atoms with E-state index < -0.39 is 0 Å². The summed E-state index contributed by atoms with van der Waals surface area (Å²) < 4.78 is 0. The number of thiophene rings is 1. The van der Waals surface area contributed by atoms with Gasteiger partial charge in [0.15, 0.2) is 5.96 Å². The molecule has 3 N–H and O–H groups in total. The molecule has 0 radical (unpaired) electrons. The van der Waals surface area contributed by atoms with Crippen LogP contribution in [0.4, 0.5) is 10.5 Å². The average Bonchev–Trinajstić information content (AvgIpc) is 3.44. The number of nitrogens with one attached hydrogen (secondary N) is 3. The molecule has 170 valence electrons. The van der Waals surface area contributed by atoms with Crippen LogP contribution in [-0.2, 0) is 13.0 Å². The van der Waals surface area contributed by atoms with Crippen molar-refractivity contribution >= 4 is 53.0 Å². The molecule has 3 rings (SSSR count).